The van der Waals surface area contributed by atoms with Gasteiger partial charge in [-0.15, -0.1) is 0 Å². The van der Waals surface area contributed by atoms with Gasteiger partial charge in [-0.2, -0.15) is 4.58 Å². The molecule has 3 aliphatic rings. The Balaban J connectivity index is 1.48. The van der Waals surface area contributed by atoms with Crippen molar-refractivity contribution in [2.24, 2.45) is 0 Å². The number of benzene rings is 2. The number of nitrogens with zero attached hydrogens (tertiary/aromatic N) is 2. The van der Waals surface area contributed by atoms with Crippen LogP contribution in [-0.4, -0.2) is 42.1 Å². The molecule has 0 radical (unpaired) electrons. The number of anilines is 1. The summed E-state index contributed by atoms with van der Waals surface area (Å²) in [4.78, 5) is 2.49. The van der Waals surface area contributed by atoms with Gasteiger partial charge in [0.1, 0.15) is 6.54 Å². The molecule has 2 heterocycles. The van der Waals surface area contributed by atoms with Crippen LogP contribution in [0.5, 0.6) is 0 Å². The second kappa shape index (κ2) is 12.8. The van der Waals surface area contributed by atoms with Crippen LogP contribution in [0.4, 0.5) is 11.4 Å². The van der Waals surface area contributed by atoms with Crippen molar-refractivity contribution in [2.45, 2.75) is 84.0 Å². The molecule has 2 aromatic rings. The first-order chi connectivity index (χ1) is 20.9. The van der Waals surface area contributed by atoms with Gasteiger partial charge in [-0.05, 0) is 68.4 Å². The number of rotatable bonds is 10. The van der Waals surface area contributed by atoms with Crippen LogP contribution >= 0.6 is 11.6 Å². The smallest absolute Gasteiger partial charge is 0.209 e. The number of unbranched alkanes of at least 4 members (excludes halogenated alkanes) is 1. The molecule has 0 fully saturated rings. The largest absolute Gasteiger partial charge is 0.748 e. The third-order valence-electron chi connectivity index (χ3n) is 9.45. The highest BCUT2D eigenvalue weighted by molar-refractivity contribution is 7.85. The minimum Gasteiger partial charge on any atom is -0.748 e. The molecule has 0 bridgehead atoms. The first-order valence-electron chi connectivity index (χ1n) is 15.9. The Morgan fingerprint density at radius 1 is 0.932 bits per heavy atom. The van der Waals surface area contributed by atoms with Crippen molar-refractivity contribution in [3.8, 4) is 0 Å². The molecule has 0 unspecified atom stereocenters. The summed E-state index contributed by atoms with van der Waals surface area (Å²) < 4.78 is 36.1. The van der Waals surface area contributed by atoms with Gasteiger partial charge >= 0.3 is 0 Å². The lowest BCUT2D eigenvalue weighted by Crippen LogP contribution is -2.28. The van der Waals surface area contributed by atoms with Crippen molar-refractivity contribution < 1.29 is 17.5 Å². The van der Waals surface area contributed by atoms with E-state index in [1.54, 1.807) is 0 Å². The highest BCUT2D eigenvalue weighted by Gasteiger charge is 2.44. The van der Waals surface area contributed by atoms with Gasteiger partial charge in [0.2, 0.25) is 5.69 Å². The van der Waals surface area contributed by atoms with Crippen LogP contribution in [-0.2, 0) is 20.9 Å². The number of allylic oxidation sites excluding steroid dienone is 8. The number of fused-ring (bicyclic) bond motifs is 2. The molecule has 0 saturated carbocycles. The summed E-state index contributed by atoms with van der Waals surface area (Å²) in [5.41, 5.74) is 9.20. The molecule has 0 amide bonds. The number of halogens is 1. The summed E-state index contributed by atoms with van der Waals surface area (Å²) in [7, 11) is -4.27. The van der Waals surface area contributed by atoms with Crippen LogP contribution < -0.4 is 4.90 Å². The second-order valence-electron chi connectivity index (χ2n) is 13.2. The fraction of sp³-hybridized carbons (Fsp3) is 0.432. The quantitative estimate of drug-likeness (QED) is 0.194. The molecule has 0 spiro atoms. The van der Waals surface area contributed by atoms with Crippen LogP contribution in [0.2, 0.25) is 0 Å². The lowest BCUT2D eigenvalue weighted by Gasteiger charge is -2.27. The normalized spacial score (nSPS) is 21.2. The molecular formula is C37H45ClN2O3S. The highest BCUT2D eigenvalue weighted by Crippen LogP contribution is 2.48. The van der Waals surface area contributed by atoms with E-state index in [1.807, 2.05) is 12.1 Å². The lowest BCUT2D eigenvalue weighted by atomic mass is 9.81. The molecule has 7 heteroatoms. The second-order valence-corrected chi connectivity index (χ2v) is 15.1. The Kier molecular flexibility index (Phi) is 9.46. The van der Waals surface area contributed by atoms with Crippen LogP contribution in [0.1, 0.15) is 84.3 Å². The molecule has 5 nitrogen and oxygen atoms in total. The molecule has 0 aromatic heterocycles. The summed E-state index contributed by atoms with van der Waals surface area (Å²) in [5, 5.41) is 0.815. The number of para-hydroxylation sites is 2. The molecule has 0 N–H and O–H groups in total. The zero-order valence-electron chi connectivity index (χ0n) is 26.7. The highest BCUT2D eigenvalue weighted by atomic mass is 35.5. The van der Waals surface area contributed by atoms with E-state index in [0.29, 0.717) is 6.54 Å². The predicted octanol–water partition coefficient (Wildman–Crippen LogP) is 8.64. The summed E-state index contributed by atoms with van der Waals surface area (Å²) >= 11 is 7.12. The molecule has 0 saturated heterocycles. The summed E-state index contributed by atoms with van der Waals surface area (Å²) in [6.07, 6.45) is 14.2. The Labute approximate surface area is 269 Å². The summed E-state index contributed by atoms with van der Waals surface area (Å²) in [6.45, 7) is 12.7. The Hall–Kier alpha value is -2.93. The Morgan fingerprint density at radius 2 is 1.64 bits per heavy atom. The van der Waals surface area contributed by atoms with Crippen molar-refractivity contribution in [3.05, 3.63) is 106 Å². The van der Waals surface area contributed by atoms with Gasteiger partial charge < -0.3 is 9.45 Å². The minimum absolute atomic E-state index is 0.0937. The molecule has 2 aromatic carbocycles. The van der Waals surface area contributed by atoms with Crippen molar-refractivity contribution in [1.82, 2.24) is 0 Å². The maximum atomic E-state index is 11.3. The molecule has 5 rings (SSSR count). The molecule has 2 aliphatic heterocycles. The van der Waals surface area contributed by atoms with Crippen molar-refractivity contribution in [2.75, 3.05) is 23.7 Å². The van der Waals surface area contributed by atoms with E-state index in [-0.39, 0.29) is 23.0 Å². The minimum atomic E-state index is -4.27. The van der Waals surface area contributed by atoms with E-state index in [2.05, 4.69) is 105 Å². The zero-order valence-corrected chi connectivity index (χ0v) is 28.3. The standard InChI is InChI=1S/C37H45ClN2O3S/c1-6-7-24-39-31-18-10-8-16-29(31)36(2,3)33(39)22-20-27-14-12-15-28(35(27)38)21-23-34-37(4,5)30-17-9-11-19-32(30)40(34)25-13-26-44(41,42)43/h8-11,16-23H,6-7,12-15,24-26H2,1-5H3. The lowest BCUT2D eigenvalue weighted by molar-refractivity contribution is -0.437. The zero-order chi connectivity index (χ0) is 31.7. The van der Waals surface area contributed by atoms with E-state index < -0.39 is 10.1 Å². The monoisotopic (exact) mass is 632 g/mol. The summed E-state index contributed by atoms with van der Waals surface area (Å²) in [6, 6.07) is 17.0. The average molecular weight is 633 g/mol. The third-order valence-corrected chi connectivity index (χ3v) is 10.7. The molecule has 1 aliphatic carbocycles. The van der Waals surface area contributed by atoms with Gasteiger partial charge in [0.15, 0.2) is 5.71 Å². The average Bonchev–Trinajstić information content (AvgIpc) is 3.33. The fourth-order valence-electron chi connectivity index (χ4n) is 7.05. The fourth-order valence-corrected chi connectivity index (χ4v) is 7.84. The first-order valence-corrected chi connectivity index (χ1v) is 17.9. The Morgan fingerprint density at radius 3 is 2.36 bits per heavy atom. The number of hydrogen-bond acceptors (Lipinski definition) is 4. The third kappa shape index (κ3) is 6.40. The van der Waals surface area contributed by atoms with E-state index in [1.165, 1.54) is 22.5 Å². The topological polar surface area (TPSA) is 63.5 Å². The van der Waals surface area contributed by atoms with Gasteiger partial charge in [-0.3, -0.25) is 0 Å². The SMILES string of the molecule is CCCCN1/C(=C\C=C2CCCC(/C=C/C3=[N+](CCCS(=O)(=O)[O-])c4ccccc4C3(C)C)=C2Cl)C(C)(C)c2ccccc21. The first kappa shape index (κ1) is 32.5. The molecule has 0 atom stereocenters. The van der Waals surface area contributed by atoms with Crippen molar-refractivity contribution in [3.63, 3.8) is 0 Å². The van der Waals surface area contributed by atoms with Gasteiger partial charge in [0.05, 0.1) is 15.5 Å². The molecule has 234 valence electrons. The van der Waals surface area contributed by atoms with E-state index in [4.69, 9.17) is 11.6 Å². The van der Waals surface area contributed by atoms with Crippen LogP contribution in [0.15, 0.2) is 94.7 Å². The maximum Gasteiger partial charge on any atom is 0.209 e. The maximum absolute atomic E-state index is 11.3. The van der Waals surface area contributed by atoms with E-state index >= 15 is 0 Å². The molecular weight excluding hydrogens is 588 g/mol. The van der Waals surface area contributed by atoms with Crippen molar-refractivity contribution >= 4 is 38.8 Å². The van der Waals surface area contributed by atoms with Gasteiger partial charge in [-0.1, -0.05) is 87.3 Å². The van der Waals surface area contributed by atoms with Crippen LogP contribution in [0.25, 0.3) is 0 Å². The van der Waals surface area contributed by atoms with Gasteiger partial charge in [0, 0.05) is 58.3 Å². The Bertz CT molecular complexity index is 1690. The predicted molar refractivity (Wildman–Crippen MR) is 182 cm³/mol. The summed E-state index contributed by atoms with van der Waals surface area (Å²) in [5.74, 6) is -0.374. The van der Waals surface area contributed by atoms with Gasteiger partial charge in [0.25, 0.3) is 0 Å². The number of hydrogen-bond donors (Lipinski definition) is 0. The van der Waals surface area contributed by atoms with Crippen LogP contribution in [0, 0.1) is 0 Å². The van der Waals surface area contributed by atoms with E-state index in [0.717, 1.165) is 66.2 Å². The van der Waals surface area contributed by atoms with Crippen molar-refractivity contribution in [1.29, 1.82) is 0 Å². The van der Waals surface area contributed by atoms with Gasteiger partial charge in [-0.25, -0.2) is 8.42 Å². The van der Waals surface area contributed by atoms with E-state index in [9.17, 15) is 13.0 Å². The molecule has 44 heavy (non-hydrogen) atoms. The van der Waals surface area contributed by atoms with Crippen LogP contribution in [0.3, 0.4) is 0 Å².